The third-order valence-corrected chi connectivity index (χ3v) is 5.42. The van der Waals surface area contributed by atoms with Crippen LogP contribution in [-0.2, 0) is 15.4 Å². The zero-order chi connectivity index (χ0) is 14.4. The second kappa shape index (κ2) is 4.56. The molecule has 3 rings (SSSR count). The van der Waals surface area contributed by atoms with E-state index in [1.165, 1.54) is 12.1 Å². The number of hydrogen-bond acceptors (Lipinski definition) is 2. The molecule has 1 aromatic carbocycles. The molecule has 2 aromatic rings. The largest absolute Gasteiger partial charge is 0.361 e. The van der Waals surface area contributed by atoms with Crippen LogP contribution in [0, 0.1) is 5.82 Å². The van der Waals surface area contributed by atoms with Gasteiger partial charge in [0.1, 0.15) is 5.82 Å². The third kappa shape index (κ3) is 2.33. The molecular weight excluding hydrogens is 279 g/mol. The molecular formula is C14H17FN2O2S. The first-order valence-corrected chi connectivity index (χ1v) is 8.35. The van der Waals surface area contributed by atoms with Gasteiger partial charge >= 0.3 is 0 Å². The average molecular weight is 296 g/mol. The van der Waals surface area contributed by atoms with E-state index in [1.54, 1.807) is 13.0 Å². The van der Waals surface area contributed by atoms with Crippen molar-refractivity contribution in [3.8, 4) is 0 Å². The summed E-state index contributed by atoms with van der Waals surface area (Å²) in [5.41, 5.74) is 1.69. The minimum Gasteiger partial charge on any atom is -0.361 e. The summed E-state index contributed by atoms with van der Waals surface area (Å²) in [5, 5.41) is 0.972. The number of fused-ring (bicyclic) bond motifs is 1. The Bertz CT molecular complexity index is 748. The molecule has 0 saturated heterocycles. The lowest BCUT2D eigenvalue weighted by molar-refractivity contribution is 0.569. The Morgan fingerprint density at radius 1 is 1.40 bits per heavy atom. The van der Waals surface area contributed by atoms with Crippen LogP contribution in [0.5, 0.6) is 0 Å². The molecule has 1 aliphatic carbocycles. The van der Waals surface area contributed by atoms with Gasteiger partial charge in [-0.25, -0.2) is 17.5 Å². The zero-order valence-corrected chi connectivity index (χ0v) is 12.1. The van der Waals surface area contributed by atoms with Crippen molar-refractivity contribution in [3.05, 3.63) is 35.8 Å². The van der Waals surface area contributed by atoms with Crippen molar-refractivity contribution in [2.75, 3.05) is 12.3 Å². The monoisotopic (exact) mass is 296 g/mol. The number of sulfonamides is 1. The van der Waals surface area contributed by atoms with Crippen molar-refractivity contribution < 1.29 is 12.8 Å². The van der Waals surface area contributed by atoms with Gasteiger partial charge in [0.05, 0.1) is 5.75 Å². The molecule has 1 aromatic heterocycles. The van der Waals surface area contributed by atoms with Crippen LogP contribution in [0.1, 0.15) is 25.3 Å². The molecule has 6 heteroatoms. The number of aromatic nitrogens is 1. The van der Waals surface area contributed by atoms with Crippen LogP contribution < -0.4 is 4.72 Å². The smallest absolute Gasteiger partial charge is 0.211 e. The number of hydrogen-bond donors (Lipinski definition) is 2. The summed E-state index contributed by atoms with van der Waals surface area (Å²) in [6.45, 7) is 2.03. The number of aromatic amines is 1. The maximum atomic E-state index is 13.2. The quantitative estimate of drug-likeness (QED) is 0.889. The van der Waals surface area contributed by atoms with E-state index in [0.717, 1.165) is 29.3 Å². The summed E-state index contributed by atoms with van der Waals surface area (Å²) in [6, 6.07) is 4.65. The number of benzene rings is 1. The molecule has 1 fully saturated rings. The normalized spacial score (nSPS) is 17.5. The molecule has 108 valence electrons. The van der Waals surface area contributed by atoms with Crippen LogP contribution in [0.25, 0.3) is 10.9 Å². The Kier molecular flexibility index (Phi) is 3.10. The summed E-state index contributed by atoms with van der Waals surface area (Å²) in [7, 11) is -3.18. The van der Waals surface area contributed by atoms with Crippen LogP contribution >= 0.6 is 0 Å². The summed E-state index contributed by atoms with van der Waals surface area (Å²) in [6.07, 6.45) is 3.77. The fourth-order valence-corrected chi connectivity index (χ4v) is 3.28. The Morgan fingerprint density at radius 3 is 2.80 bits per heavy atom. The summed E-state index contributed by atoms with van der Waals surface area (Å²) >= 11 is 0. The maximum absolute atomic E-state index is 13.2. The van der Waals surface area contributed by atoms with Gasteiger partial charge in [-0.2, -0.15) is 0 Å². The van der Waals surface area contributed by atoms with E-state index in [0.29, 0.717) is 6.54 Å². The lowest BCUT2D eigenvalue weighted by Gasteiger charge is -2.15. The number of H-pyrrole nitrogens is 1. The molecule has 0 spiro atoms. The van der Waals surface area contributed by atoms with E-state index >= 15 is 0 Å². The van der Waals surface area contributed by atoms with Crippen LogP contribution in [0.4, 0.5) is 4.39 Å². The predicted molar refractivity (Wildman–Crippen MR) is 76.6 cm³/mol. The fourth-order valence-electron chi connectivity index (χ4n) is 2.58. The summed E-state index contributed by atoms with van der Waals surface area (Å²) in [5.74, 6) is -0.190. The highest BCUT2D eigenvalue weighted by Crippen LogP contribution is 2.50. The molecule has 1 heterocycles. The molecule has 20 heavy (non-hydrogen) atoms. The molecule has 0 amide bonds. The number of nitrogens with one attached hydrogen (secondary N) is 2. The fraction of sp³-hybridized carbons (Fsp3) is 0.429. The van der Waals surface area contributed by atoms with E-state index in [-0.39, 0.29) is 17.0 Å². The van der Waals surface area contributed by atoms with Crippen molar-refractivity contribution in [2.45, 2.75) is 25.2 Å². The van der Waals surface area contributed by atoms with E-state index in [1.807, 2.05) is 6.20 Å². The second-order valence-electron chi connectivity index (χ2n) is 5.40. The van der Waals surface area contributed by atoms with Gasteiger partial charge in [0.2, 0.25) is 10.0 Å². The lowest BCUT2D eigenvalue weighted by Crippen LogP contribution is -2.33. The first kappa shape index (κ1) is 13.6. The van der Waals surface area contributed by atoms with E-state index in [4.69, 9.17) is 0 Å². The number of rotatable bonds is 5. The van der Waals surface area contributed by atoms with E-state index in [9.17, 15) is 12.8 Å². The maximum Gasteiger partial charge on any atom is 0.211 e. The van der Waals surface area contributed by atoms with E-state index < -0.39 is 10.0 Å². The zero-order valence-electron chi connectivity index (χ0n) is 11.2. The van der Waals surface area contributed by atoms with Gasteiger partial charge < -0.3 is 4.98 Å². The van der Waals surface area contributed by atoms with Crippen molar-refractivity contribution in [3.63, 3.8) is 0 Å². The molecule has 0 atom stereocenters. The topological polar surface area (TPSA) is 62.0 Å². The Labute approximate surface area is 117 Å². The van der Waals surface area contributed by atoms with Gasteiger partial charge in [-0.1, -0.05) is 0 Å². The Morgan fingerprint density at radius 2 is 2.15 bits per heavy atom. The molecule has 0 unspecified atom stereocenters. The Balaban J connectivity index is 1.91. The van der Waals surface area contributed by atoms with Crippen molar-refractivity contribution >= 4 is 20.9 Å². The second-order valence-corrected chi connectivity index (χ2v) is 7.49. The van der Waals surface area contributed by atoms with Gasteiger partial charge in [-0.15, -0.1) is 0 Å². The average Bonchev–Trinajstić information content (AvgIpc) is 3.10. The Hall–Kier alpha value is -1.40. The highest BCUT2D eigenvalue weighted by Gasteiger charge is 2.46. The van der Waals surface area contributed by atoms with Crippen LogP contribution in [0.15, 0.2) is 24.4 Å². The molecule has 0 aliphatic heterocycles. The van der Waals surface area contributed by atoms with Gasteiger partial charge in [0, 0.05) is 29.1 Å². The van der Waals surface area contributed by atoms with Crippen molar-refractivity contribution in [1.29, 1.82) is 0 Å². The molecule has 1 aliphatic rings. The first-order chi connectivity index (χ1) is 9.46. The number of halogens is 1. The van der Waals surface area contributed by atoms with Crippen LogP contribution in [-0.4, -0.2) is 25.7 Å². The molecule has 0 radical (unpaired) electrons. The van der Waals surface area contributed by atoms with Gasteiger partial charge in [0.15, 0.2) is 0 Å². The molecule has 1 saturated carbocycles. The SMILES string of the molecule is CCS(=O)(=O)NCC1(c2c[nH]c3cc(F)ccc23)CC1. The summed E-state index contributed by atoms with van der Waals surface area (Å²) < 4.78 is 39.0. The lowest BCUT2D eigenvalue weighted by atomic mass is 9.96. The van der Waals surface area contributed by atoms with Crippen LogP contribution in [0.3, 0.4) is 0 Å². The van der Waals surface area contributed by atoms with Gasteiger partial charge in [-0.3, -0.25) is 0 Å². The summed E-state index contributed by atoms with van der Waals surface area (Å²) in [4.78, 5) is 3.07. The molecule has 2 N–H and O–H groups in total. The predicted octanol–water partition coefficient (Wildman–Crippen LogP) is 2.28. The van der Waals surface area contributed by atoms with Gasteiger partial charge in [-0.05, 0) is 43.5 Å². The minimum absolute atomic E-state index is 0.0855. The minimum atomic E-state index is -3.18. The highest BCUT2D eigenvalue weighted by molar-refractivity contribution is 7.89. The van der Waals surface area contributed by atoms with Crippen molar-refractivity contribution in [2.24, 2.45) is 0 Å². The molecule has 0 bridgehead atoms. The van der Waals surface area contributed by atoms with Crippen LogP contribution in [0.2, 0.25) is 0 Å². The first-order valence-electron chi connectivity index (χ1n) is 6.70. The highest BCUT2D eigenvalue weighted by atomic mass is 32.2. The van der Waals surface area contributed by atoms with E-state index in [2.05, 4.69) is 9.71 Å². The third-order valence-electron chi connectivity index (χ3n) is 4.08. The standard InChI is InChI=1S/C14H17FN2O2S/c1-2-20(18,19)17-9-14(5-6-14)12-8-16-13-7-10(15)3-4-11(12)13/h3-4,7-8,16-17H,2,5-6,9H2,1H3. The molecule has 4 nitrogen and oxygen atoms in total. The van der Waals surface area contributed by atoms with Crippen molar-refractivity contribution in [1.82, 2.24) is 9.71 Å². The van der Waals surface area contributed by atoms with Gasteiger partial charge in [0.25, 0.3) is 0 Å².